The van der Waals surface area contributed by atoms with Crippen molar-refractivity contribution in [3.8, 4) is 0 Å². The molecule has 124 valence electrons. The highest BCUT2D eigenvalue weighted by atomic mass is 32.2. The molecule has 24 heavy (non-hydrogen) atoms. The van der Waals surface area contributed by atoms with Crippen LogP contribution in [0.15, 0.2) is 29.4 Å². The van der Waals surface area contributed by atoms with Crippen LogP contribution in [-0.4, -0.2) is 31.2 Å². The van der Waals surface area contributed by atoms with Crippen LogP contribution in [-0.2, 0) is 4.79 Å². The van der Waals surface area contributed by atoms with Crippen molar-refractivity contribution in [2.75, 3.05) is 11.1 Å². The lowest BCUT2D eigenvalue weighted by Crippen LogP contribution is -2.14. The quantitative estimate of drug-likeness (QED) is 0.736. The average molecular weight is 345 g/mol. The van der Waals surface area contributed by atoms with Crippen molar-refractivity contribution in [3.05, 3.63) is 47.0 Å². The summed E-state index contributed by atoms with van der Waals surface area (Å²) in [4.78, 5) is 20.6. The molecule has 1 N–H and O–H groups in total. The maximum absolute atomic E-state index is 13.5. The van der Waals surface area contributed by atoms with E-state index in [1.54, 1.807) is 23.6 Å². The molecule has 0 saturated carbocycles. The number of fused-ring (bicyclic) bond motifs is 1. The smallest absolute Gasteiger partial charge is 0.253 e. The van der Waals surface area contributed by atoms with Crippen LogP contribution in [0.3, 0.4) is 0 Å². The number of anilines is 1. The number of hydrogen-bond donors (Lipinski definition) is 1. The fourth-order valence-corrected chi connectivity index (χ4v) is 2.82. The fourth-order valence-electron chi connectivity index (χ4n) is 2.21. The summed E-state index contributed by atoms with van der Waals surface area (Å²) in [6, 6.07) is 6.50. The van der Waals surface area contributed by atoms with Gasteiger partial charge in [-0.05, 0) is 44.5 Å². The lowest BCUT2D eigenvalue weighted by atomic mass is 10.2. The van der Waals surface area contributed by atoms with Crippen LogP contribution in [0.2, 0.25) is 0 Å². The predicted molar refractivity (Wildman–Crippen MR) is 90.7 cm³/mol. The van der Waals surface area contributed by atoms with E-state index in [9.17, 15) is 9.18 Å². The molecule has 0 spiro atoms. The number of aryl methyl sites for hydroxylation is 3. The van der Waals surface area contributed by atoms with E-state index in [2.05, 4.69) is 20.4 Å². The van der Waals surface area contributed by atoms with Gasteiger partial charge in [-0.2, -0.15) is 4.98 Å². The van der Waals surface area contributed by atoms with E-state index in [1.807, 2.05) is 19.9 Å². The second-order valence-corrected chi connectivity index (χ2v) is 6.39. The average Bonchev–Trinajstić information content (AvgIpc) is 2.92. The molecule has 0 atom stereocenters. The molecule has 0 aliphatic heterocycles. The normalized spacial score (nSPS) is 11.0. The van der Waals surface area contributed by atoms with Crippen LogP contribution in [0.4, 0.5) is 10.1 Å². The molecule has 1 amide bonds. The molecule has 3 aromatic rings. The summed E-state index contributed by atoms with van der Waals surface area (Å²) in [5.41, 5.74) is 2.76. The molecule has 0 fully saturated rings. The zero-order valence-corrected chi connectivity index (χ0v) is 14.3. The first-order chi connectivity index (χ1) is 11.4. The van der Waals surface area contributed by atoms with Crippen molar-refractivity contribution in [3.63, 3.8) is 0 Å². The van der Waals surface area contributed by atoms with Gasteiger partial charge >= 0.3 is 0 Å². The zero-order chi connectivity index (χ0) is 17.3. The topological polar surface area (TPSA) is 72.2 Å². The van der Waals surface area contributed by atoms with Gasteiger partial charge in [-0.3, -0.25) is 4.79 Å². The van der Waals surface area contributed by atoms with E-state index in [0.717, 1.165) is 11.4 Å². The van der Waals surface area contributed by atoms with Crippen LogP contribution >= 0.6 is 11.8 Å². The number of aromatic nitrogens is 4. The van der Waals surface area contributed by atoms with Crippen LogP contribution in [0.25, 0.3) is 5.78 Å². The number of benzene rings is 1. The molecule has 2 heterocycles. The number of carbonyl (C=O) groups is 1. The number of hydrogen-bond acceptors (Lipinski definition) is 5. The van der Waals surface area contributed by atoms with Crippen LogP contribution < -0.4 is 5.32 Å². The molecule has 3 rings (SSSR count). The first kappa shape index (κ1) is 16.4. The SMILES string of the molecule is Cc1cc(C)n2nc(SCC(=O)Nc3ccc(C)c(F)c3)nc2n1. The Bertz CT molecular complexity index is 924. The number of nitrogens with one attached hydrogen (secondary N) is 1. The fraction of sp³-hybridized carbons (Fsp3) is 0.250. The molecule has 0 aliphatic carbocycles. The van der Waals surface area contributed by atoms with Crippen molar-refractivity contribution in [1.29, 1.82) is 0 Å². The van der Waals surface area contributed by atoms with E-state index in [1.165, 1.54) is 17.8 Å². The molecule has 0 unspecified atom stereocenters. The highest BCUT2D eigenvalue weighted by Gasteiger charge is 2.11. The van der Waals surface area contributed by atoms with E-state index in [-0.39, 0.29) is 17.5 Å². The van der Waals surface area contributed by atoms with Gasteiger partial charge in [0, 0.05) is 17.1 Å². The number of nitrogens with zero attached hydrogens (tertiary/aromatic N) is 4. The number of rotatable bonds is 4. The molecular weight excluding hydrogens is 329 g/mol. The molecule has 2 aromatic heterocycles. The Morgan fingerprint density at radius 3 is 2.79 bits per heavy atom. The minimum atomic E-state index is -0.348. The molecule has 0 radical (unpaired) electrons. The molecule has 0 saturated heterocycles. The molecule has 0 aliphatic rings. The Hall–Kier alpha value is -2.48. The first-order valence-electron chi connectivity index (χ1n) is 7.32. The third kappa shape index (κ3) is 3.53. The van der Waals surface area contributed by atoms with E-state index in [0.29, 0.717) is 22.2 Å². The summed E-state index contributed by atoms with van der Waals surface area (Å²) in [5, 5.41) is 7.45. The second kappa shape index (κ2) is 6.56. The Balaban J connectivity index is 1.65. The standard InChI is InChI=1S/C16H16FN5OS/c1-9-4-5-12(7-13(9)17)19-14(23)8-24-16-20-15-18-10(2)6-11(3)22(15)21-16/h4-7H,8H2,1-3H3,(H,19,23). The summed E-state index contributed by atoms with van der Waals surface area (Å²) in [6.07, 6.45) is 0. The molecule has 8 heteroatoms. The van der Waals surface area contributed by atoms with Gasteiger partial charge in [0.05, 0.1) is 5.75 Å². The minimum absolute atomic E-state index is 0.129. The zero-order valence-electron chi connectivity index (χ0n) is 13.5. The highest BCUT2D eigenvalue weighted by molar-refractivity contribution is 7.99. The Labute approximate surface area is 142 Å². The van der Waals surface area contributed by atoms with Crippen molar-refractivity contribution in [1.82, 2.24) is 19.6 Å². The van der Waals surface area contributed by atoms with Crippen LogP contribution in [0.5, 0.6) is 0 Å². The first-order valence-corrected chi connectivity index (χ1v) is 8.31. The highest BCUT2D eigenvalue weighted by Crippen LogP contribution is 2.17. The van der Waals surface area contributed by atoms with Gasteiger partial charge in [0.25, 0.3) is 5.78 Å². The summed E-state index contributed by atoms with van der Waals surface area (Å²) in [6.45, 7) is 5.48. The van der Waals surface area contributed by atoms with Gasteiger partial charge in [-0.1, -0.05) is 17.8 Å². The summed E-state index contributed by atoms with van der Waals surface area (Å²) < 4.78 is 15.1. The van der Waals surface area contributed by atoms with E-state index < -0.39 is 0 Å². The number of halogens is 1. The number of amides is 1. The van der Waals surface area contributed by atoms with Crippen LogP contribution in [0.1, 0.15) is 17.0 Å². The van der Waals surface area contributed by atoms with Crippen molar-refractivity contribution < 1.29 is 9.18 Å². The molecule has 1 aromatic carbocycles. The van der Waals surface area contributed by atoms with Crippen molar-refractivity contribution >= 4 is 29.1 Å². The Kier molecular flexibility index (Phi) is 4.48. The summed E-state index contributed by atoms with van der Waals surface area (Å²) >= 11 is 1.21. The maximum atomic E-state index is 13.5. The van der Waals surface area contributed by atoms with Gasteiger partial charge in [0.1, 0.15) is 5.82 Å². The number of carbonyl (C=O) groups excluding carboxylic acids is 1. The number of thioether (sulfide) groups is 1. The summed E-state index contributed by atoms with van der Waals surface area (Å²) in [5.74, 6) is 0.0445. The second-order valence-electron chi connectivity index (χ2n) is 5.45. The maximum Gasteiger partial charge on any atom is 0.253 e. The van der Waals surface area contributed by atoms with Gasteiger partial charge in [0.15, 0.2) is 0 Å². The molecular formula is C16H16FN5OS. The van der Waals surface area contributed by atoms with E-state index in [4.69, 9.17) is 0 Å². The van der Waals surface area contributed by atoms with Crippen LogP contribution in [0, 0.1) is 26.6 Å². The molecule has 0 bridgehead atoms. The van der Waals surface area contributed by atoms with Crippen molar-refractivity contribution in [2.24, 2.45) is 0 Å². The van der Waals surface area contributed by atoms with Gasteiger partial charge < -0.3 is 5.32 Å². The third-order valence-corrected chi connectivity index (χ3v) is 4.22. The largest absolute Gasteiger partial charge is 0.325 e. The van der Waals surface area contributed by atoms with Gasteiger partial charge in [-0.25, -0.2) is 13.9 Å². The van der Waals surface area contributed by atoms with E-state index >= 15 is 0 Å². The Morgan fingerprint density at radius 2 is 2.04 bits per heavy atom. The van der Waals surface area contributed by atoms with Gasteiger partial charge in [-0.15, -0.1) is 5.10 Å². The predicted octanol–water partition coefficient (Wildman–Crippen LogP) is 2.92. The summed E-state index contributed by atoms with van der Waals surface area (Å²) in [7, 11) is 0. The minimum Gasteiger partial charge on any atom is -0.325 e. The monoisotopic (exact) mass is 345 g/mol. The third-order valence-electron chi connectivity index (χ3n) is 3.39. The lowest BCUT2D eigenvalue weighted by Gasteiger charge is -2.05. The van der Waals surface area contributed by atoms with Crippen molar-refractivity contribution in [2.45, 2.75) is 25.9 Å². The molecule has 6 nitrogen and oxygen atoms in total. The lowest BCUT2D eigenvalue weighted by molar-refractivity contribution is -0.113. The van der Waals surface area contributed by atoms with Gasteiger partial charge in [0.2, 0.25) is 11.1 Å². The Morgan fingerprint density at radius 1 is 1.25 bits per heavy atom.